The number of amides is 1. The number of H-pyrrole nitrogens is 1. The number of anilines is 1. The molecule has 0 aliphatic heterocycles. The molecular formula is C13H13F2N3O. The molecule has 19 heavy (non-hydrogen) atoms. The Balaban J connectivity index is 2.18. The molecule has 0 radical (unpaired) electrons. The Bertz CT molecular complexity index is 608. The molecule has 0 aliphatic carbocycles. The van der Waals surface area contributed by atoms with Gasteiger partial charge in [-0.2, -0.15) is 5.10 Å². The summed E-state index contributed by atoms with van der Waals surface area (Å²) in [5.41, 5.74) is 0.490. The summed E-state index contributed by atoms with van der Waals surface area (Å²) in [7, 11) is 0. The third-order valence-electron chi connectivity index (χ3n) is 2.66. The monoisotopic (exact) mass is 265 g/mol. The topological polar surface area (TPSA) is 57.8 Å². The van der Waals surface area contributed by atoms with Crippen molar-refractivity contribution in [3.05, 3.63) is 47.2 Å². The standard InChI is InChI=1S/C13H13F2N3O/c1-7(2)10-6-11(18-17-10)16-13(19)8-4-3-5-9(14)12(8)15/h3-7H,1-2H3,(H2,16,17,18,19). The van der Waals surface area contributed by atoms with E-state index in [0.717, 1.165) is 11.8 Å². The molecular weight excluding hydrogens is 252 g/mol. The van der Waals surface area contributed by atoms with E-state index in [9.17, 15) is 13.6 Å². The van der Waals surface area contributed by atoms with Crippen LogP contribution < -0.4 is 5.32 Å². The number of rotatable bonds is 3. The minimum absolute atomic E-state index is 0.226. The summed E-state index contributed by atoms with van der Waals surface area (Å²) in [5.74, 6) is -2.46. The molecule has 2 aromatic rings. The molecule has 0 unspecified atom stereocenters. The molecule has 1 aromatic carbocycles. The van der Waals surface area contributed by atoms with E-state index in [0.29, 0.717) is 0 Å². The first-order valence-corrected chi connectivity index (χ1v) is 5.79. The van der Waals surface area contributed by atoms with Crippen LogP contribution in [0.4, 0.5) is 14.6 Å². The van der Waals surface area contributed by atoms with Gasteiger partial charge in [0.25, 0.3) is 5.91 Å². The molecule has 1 heterocycles. The number of carbonyl (C=O) groups excluding carboxylic acids is 1. The number of aromatic nitrogens is 2. The maximum Gasteiger partial charge on any atom is 0.259 e. The van der Waals surface area contributed by atoms with Gasteiger partial charge in [-0.15, -0.1) is 0 Å². The number of nitrogens with one attached hydrogen (secondary N) is 2. The van der Waals surface area contributed by atoms with E-state index >= 15 is 0 Å². The number of nitrogens with zero attached hydrogens (tertiary/aromatic N) is 1. The van der Waals surface area contributed by atoms with Crippen molar-refractivity contribution in [2.45, 2.75) is 19.8 Å². The van der Waals surface area contributed by atoms with Gasteiger partial charge in [-0.1, -0.05) is 19.9 Å². The first kappa shape index (κ1) is 13.2. The van der Waals surface area contributed by atoms with Crippen LogP contribution in [0.1, 0.15) is 35.8 Å². The van der Waals surface area contributed by atoms with Gasteiger partial charge >= 0.3 is 0 Å². The van der Waals surface area contributed by atoms with Crippen LogP contribution in [0.5, 0.6) is 0 Å². The van der Waals surface area contributed by atoms with Gasteiger partial charge in [-0.3, -0.25) is 9.89 Å². The van der Waals surface area contributed by atoms with Crippen LogP contribution in [0.15, 0.2) is 24.3 Å². The fourth-order valence-electron chi connectivity index (χ4n) is 1.56. The lowest BCUT2D eigenvalue weighted by molar-refractivity contribution is 0.102. The third kappa shape index (κ3) is 2.78. The van der Waals surface area contributed by atoms with Crippen LogP contribution >= 0.6 is 0 Å². The predicted molar refractivity (Wildman–Crippen MR) is 67.0 cm³/mol. The molecule has 100 valence electrons. The highest BCUT2D eigenvalue weighted by molar-refractivity contribution is 6.03. The molecule has 0 bridgehead atoms. The van der Waals surface area contributed by atoms with Crippen molar-refractivity contribution >= 4 is 11.7 Å². The largest absolute Gasteiger partial charge is 0.305 e. The van der Waals surface area contributed by atoms with E-state index in [1.165, 1.54) is 12.1 Å². The highest BCUT2D eigenvalue weighted by Gasteiger charge is 2.16. The second-order valence-electron chi connectivity index (χ2n) is 4.42. The summed E-state index contributed by atoms with van der Waals surface area (Å²) >= 11 is 0. The van der Waals surface area contributed by atoms with Gasteiger partial charge in [0.15, 0.2) is 17.5 Å². The molecule has 2 rings (SSSR count). The fraction of sp³-hybridized carbons (Fsp3) is 0.231. The quantitative estimate of drug-likeness (QED) is 0.896. The Kier molecular flexibility index (Phi) is 3.59. The summed E-state index contributed by atoms with van der Waals surface area (Å²) in [6, 6.07) is 5.10. The van der Waals surface area contributed by atoms with Gasteiger partial charge in [0.05, 0.1) is 5.56 Å². The van der Waals surface area contributed by atoms with E-state index in [2.05, 4.69) is 15.5 Å². The average Bonchev–Trinajstić information content (AvgIpc) is 2.81. The number of hydrogen-bond acceptors (Lipinski definition) is 2. The lowest BCUT2D eigenvalue weighted by Gasteiger charge is -2.03. The number of halogens is 2. The first-order valence-electron chi connectivity index (χ1n) is 5.79. The van der Waals surface area contributed by atoms with Gasteiger partial charge in [0.1, 0.15) is 0 Å². The zero-order valence-corrected chi connectivity index (χ0v) is 10.5. The van der Waals surface area contributed by atoms with Gasteiger partial charge in [0, 0.05) is 11.8 Å². The van der Waals surface area contributed by atoms with Gasteiger partial charge in [-0.25, -0.2) is 8.78 Å². The number of benzene rings is 1. The summed E-state index contributed by atoms with van der Waals surface area (Å²) in [6.07, 6.45) is 0. The summed E-state index contributed by atoms with van der Waals surface area (Å²) < 4.78 is 26.4. The van der Waals surface area contributed by atoms with Crippen LogP contribution in [0.25, 0.3) is 0 Å². The lowest BCUT2D eigenvalue weighted by Crippen LogP contribution is -2.14. The summed E-state index contributed by atoms with van der Waals surface area (Å²) in [6.45, 7) is 3.93. The molecule has 1 aromatic heterocycles. The Labute approximate surface area is 108 Å². The van der Waals surface area contributed by atoms with Crippen LogP contribution in [-0.2, 0) is 0 Å². The Hall–Kier alpha value is -2.24. The maximum atomic E-state index is 13.4. The van der Waals surface area contributed by atoms with E-state index in [1.54, 1.807) is 6.07 Å². The second-order valence-corrected chi connectivity index (χ2v) is 4.42. The lowest BCUT2D eigenvalue weighted by atomic mass is 10.1. The zero-order chi connectivity index (χ0) is 14.0. The zero-order valence-electron chi connectivity index (χ0n) is 10.5. The molecule has 0 saturated carbocycles. The molecule has 6 heteroatoms. The summed E-state index contributed by atoms with van der Waals surface area (Å²) in [4.78, 5) is 11.8. The van der Waals surface area contributed by atoms with Crippen LogP contribution in [0, 0.1) is 11.6 Å². The van der Waals surface area contributed by atoms with Crippen molar-refractivity contribution in [2.75, 3.05) is 5.32 Å². The molecule has 0 fully saturated rings. The van der Waals surface area contributed by atoms with Crippen molar-refractivity contribution in [2.24, 2.45) is 0 Å². The number of carbonyl (C=O) groups is 1. The van der Waals surface area contributed by atoms with Gasteiger partial charge in [0.2, 0.25) is 0 Å². The van der Waals surface area contributed by atoms with Crippen molar-refractivity contribution in [1.82, 2.24) is 10.2 Å². The minimum Gasteiger partial charge on any atom is -0.305 e. The second kappa shape index (κ2) is 5.17. The van der Waals surface area contributed by atoms with E-state index < -0.39 is 17.5 Å². The molecule has 4 nitrogen and oxygen atoms in total. The smallest absolute Gasteiger partial charge is 0.259 e. The van der Waals surface area contributed by atoms with Gasteiger partial charge in [-0.05, 0) is 18.1 Å². The number of hydrogen-bond donors (Lipinski definition) is 2. The van der Waals surface area contributed by atoms with E-state index in [-0.39, 0.29) is 17.3 Å². The van der Waals surface area contributed by atoms with Gasteiger partial charge < -0.3 is 5.32 Å². The van der Waals surface area contributed by atoms with Crippen LogP contribution in [0.3, 0.4) is 0 Å². The van der Waals surface area contributed by atoms with Crippen LogP contribution in [-0.4, -0.2) is 16.1 Å². The highest BCUT2D eigenvalue weighted by atomic mass is 19.2. The average molecular weight is 265 g/mol. The highest BCUT2D eigenvalue weighted by Crippen LogP contribution is 2.17. The molecule has 1 amide bonds. The van der Waals surface area contributed by atoms with E-state index in [4.69, 9.17) is 0 Å². The predicted octanol–water partition coefficient (Wildman–Crippen LogP) is 3.06. The van der Waals surface area contributed by atoms with E-state index in [1.807, 2.05) is 13.8 Å². The SMILES string of the molecule is CC(C)c1cc(NC(=O)c2cccc(F)c2F)n[nH]1. The third-order valence-corrected chi connectivity index (χ3v) is 2.66. The maximum absolute atomic E-state index is 13.4. The van der Waals surface area contributed by atoms with Crippen molar-refractivity contribution in [3.63, 3.8) is 0 Å². The Morgan fingerprint density at radius 2 is 2.11 bits per heavy atom. The Morgan fingerprint density at radius 1 is 1.37 bits per heavy atom. The van der Waals surface area contributed by atoms with Crippen LogP contribution in [0.2, 0.25) is 0 Å². The molecule has 0 saturated heterocycles. The number of aromatic amines is 1. The molecule has 0 aliphatic rings. The summed E-state index contributed by atoms with van der Waals surface area (Å²) in [5, 5.41) is 9.05. The molecule has 0 atom stereocenters. The minimum atomic E-state index is -1.17. The molecule has 0 spiro atoms. The fourth-order valence-corrected chi connectivity index (χ4v) is 1.56. The van der Waals surface area contributed by atoms with Crippen molar-refractivity contribution in [3.8, 4) is 0 Å². The molecule has 2 N–H and O–H groups in total. The Morgan fingerprint density at radius 3 is 2.74 bits per heavy atom. The van der Waals surface area contributed by atoms with Crippen molar-refractivity contribution in [1.29, 1.82) is 0 Å². The normalized spacial score (nSPS) is 10.8. The first-order chi connectivity index (χ1) is 8.99. The van der Waals surface area contributed by atoms with Crippen molar-refractivity contribution < 1.29 is 13.6 Å².